The molecule has 1 aliphatic heterocycles. The molecule has 0 unspecified atom stereocenters. The van der Waals surface area contributed by atoms with Gasteiger partial charge < -0.3 is 14.5 Å². The lowest BCUT2D eigenvalue weighted by Gasteiger charge is -2.35. The highest BCUT2D eigenvalue weighted by Gasteiger charge is 2.39. The maximum absolute atomic E-state index is 11.9. The van der Waals surface area contributed by atoms with E-state index in [4.69, 9.17) is 4.74 Å². The number of rotatable bonds is 6. The number of likely N-dealkylation sites (tertiary alicyclic amines) is 1. The maximum Gasteiger partial charge on any atom is 0.224 e. The van der Waals surface area contributed by atoms with Gasteiger partial charge in [-0.1, -0.05) is 0 Å². The van der Waals surface area contributed by atoms with Gasteiger partial charge in [-0.05, 0) is 46.7 Å². The van der Waals surface area contributed by atoms with E-state index < -0.39 is 0 Å². The fourth-order valence-corrected chi connectivity index (χ4v) is 2.54. The van der Waals surface area contributed by atoms with Gasteiger partial charge in [-0.3, -0.25) is 4.79 Å². The van der Waals surface area contributed by atoms with Crippen LogP contribution in [0.5, 0.6) is 0 Å². The van der Waals surface area contributed by atoms with Crippen LogP contribution in [0.25, 0.3) is 0 Å². The Balaban J connectivity index is 2.40. The molecule has 4 nitrogen and oxygen atoms in total. The summed E-state index contributed by atoms with van der Waals surface area (Å²) in [5, 5.41) is 0. The zero-order valence-corrected chi connectivity index (χ0v) is 12.5. The van der Waals surface area contributed by atoms with E-state index in [1.807, 2.05) is 18.9 Å². The van der Waals surface area contributed by atoms with E-state index in [1.54, 1.807) is 0 Å². The SMILES string of the molecule is CCOCCC(=O)N(C)C[C@@H]1CCN(C)C1(C)C. The summed E-state index contributed by atoms with van der Waals surface area (Å²) in [5.74, 6) is 0.748. The fourth-order valence-electron chi connectivity index (χ4n) is 2.54. The Bertz CT molecular complexity index is 279. The minimum Gasteiger partial charge on any atom is -0.381 e. The van der Waals surface area contributed by atoms with Crippen LogP contribution in [0.15, 0.2) is 0 Å². The summed E-state index contributed by atoms with van der Waals surface area (Å²) in [4.78, 5) is 16.2. The van der Waals surface area contributed by atoms with Crippen LogP contribution in [0, 0.1) is 5.92 Å². The number of carbonyl (C=O) groups excluding carboxylic acids is 1. The number of ether oxygens (including phenoxy) is 1. The molecular formula is C14H28N2O2. The van der Waals surface area contributed by atoms with Gasteiger partial charge in [0.15, 0.2) is 0 Å². The molecule has 0 saturated carbocycles. The predicted molar refractivity (Wildman–Crippen MR) is 73.6 cm³/mol. The third-order valence-electron chi connectivity index (χ3n) is 4.38. The Labute approximate surface area is 111 Å². The molecule has 1 heterocycles. The van der Waals surface area contributed by atoms with Crippen LogP contribution in [0.2, 0.25) is 0 Å². The molecule has 106 valence electrons. The first-order chi connectivity index (χ1) is 8.39. The van der Waals surface area contributed by atoms with Crippen LogP contribution in [-0.2, 0) is 9.53 Å². The van der Waals surface area contributed by atoms with Crippen molar-refractivity contribution in [1.82, 2.24) is 9.80 Å². The summed E-state index contributed by atoms with van der Waals surface area (Å²) in [6, 6.07) is 0. The molecule has 1 aliphatic rings. The Hall–Kier alpha value is -0.610. The van der Waals surface area contributed by atoms with Gasteiger partial charge in [-0.25, -0.2) is 0 Å². The van der Waals surface area contributed by atoms with Gasteiger partial charge in [0.1, 0.15) is 0 Å². The molecule has 0 spiro atoms. The summed E-state index contributed by atoms with van der Waals surface area (Å²) >= 11 is 0. The summed E-state index contributed by atoms with van der Waals surface area (Å²) in [6.07, 6.45) is 1.67. The highest BCUT2D eigenvalue weighted by Crippen LogP contribution is 2.33. The number of amides is 1. The quantitative estimate of drug-likeness (QED) is 0.677. The third-order valence-corrected chi connectivity index (χ3v) is 4.38. The van der Waals surface area contributed by atoms with E-state index in [0.717, 1.165) is 13.1 Å². The van der Waals surface area contributed by atoms with Gasteiger partial charge in [0.2, 0.25) is 5.91 Å². The van der Waals surface area contributed by atoms with Crippen molar-refractivity contribution in [2.75, 3.05) is 40.4 Å². The highest BCUT2D eigenvalue weighted by atomic mass is 16.5. The van der Waals surface area contributed by atoms with Crippen LogP contribution in [0.3, 0.4) is 0 Å². The zero-order valence-electron chi connectivity index (χ0n) is 12.5. The molecule has 0 aromatic carbocycles. The lowest BCUT2D eigenvalue weighted by atomic mass is 9.88. The maximum atomic E-state index is 11.9. The predicted octanol–water partition coefficient (Wildman–Crippen LogP) is 1.60. The molecule has 0 aromatic rings. The summed E-state index contributed by atoms with van der Waals surface area (Å²) in [6.45, 7) is 9.67. The first kappa shape index (κ1) is 15.4. The van der Waals surface area contributed by atoms with E-state index in [9.17, 15) is 4.79 Å². The van der Waals surface area contributed by atoms with Crippen LogP contribution >= 0.6 is 0 Å². The molecule has 1 amide bonds. The van der Waals surface area contributed by atoms with Crippen molar-refractivity contribution < 1.29 is 9.53 Å². The average Bonchev–Trinajstić information content (AvgIpc) is 2.56. The Morgan fingerprint density at radius 3 is 2.67 bits per heavy atom. The topological polar surface area (TPSA) is 32.8 Å². The lowest BCUT2D eigenvalue weighted by Crippen LogP contribution is -2.44. The second-order valence-corrected chi connectivity index (χ2v) is 5.78. The second-order valence-electron chi connectivity index (χ2n) is 5.78. The molecule has 1 atom stereocenters. The van der Waals surface area contributed by atoms with E-state index in [0.29, 0.717) is 25.6 Å². The molecule has 4 heteroatoms. The Morgan fingerprint density at radius 2 is 2.17 bits per heavy atom. The molecule has 0 N–H and O–H groups in total. The number of hydrogen-bond acceptors (Lipinski definition) is 3. The van der Waals surface area contributed by atoms with Crippen LogP contribution < -0.4 is 0 Å². The van der Waals surface area contributed by atoms with Crippen LogP contribution in [0.1, 0.15) is 33.6 Å². The van der Waals surface area contributed by atoms with E-state index in [-0.39, 0.29) is 11.4 Å². The van der Waals surface area contributed by atoms with Crippen molar-refractivity contribution >= 4 is 5.91 Å². The second kappa shape index (κ2) is 6.53. The third kappa shape index (κ3) is 3.69. The molecule has 0 bridgehead atoms. The van der Waals surface area contributed by atoms with Crippen molar-refractivity contribution in [1.29, 1.82) is 0 Å². The number of hydrogen-bond donors (Lipinski definition) is 0. The smallest absolute Gasteiger partial charge is 0.224 e. The highest BCUT2D eigenvalue weighted by molar-refractivity contribution is 5.75. The van der Waals surface area contributed by atoms with Crippen molar-refractivity contribution in [2.24, 2.45) is 5.92 Å². The average molecular weight is 256 g/mol. The Kier molecular flexibility index (Phi) is 5.60. The minimum atomic E-state index is 0.189. The molecule has 18 heavy (non-hydrogen) atoms. The summed E-state index contributed by atoms with van der Waals surface area (Å²) in [5.41, 5.74) is 0.189. The van der Waals surface area contributed by atoms with E-state index >= 15 is 0 Å². The largest absolute Gasteiger partial charge is 0.381 e. The van der Waals surface area contributed by atoms with Crippen LogP contribution in [0.4, 0.5) is 0 Å². The summed E-state index contributed by atoms with van der Waals surface area (Å²) in [7, 11) is 4.07. The van der Waals surface area contributed by atoms with E-state index in [1.165, 1.54) is 6.42 Å². The van der Waals surface area contributed by atoms with Crippen molar-refractivity contribution in [3.05, 3.63) is 0 Å². The van der Waals surface area contributed by atoms with Gasteiger partial charge in [0, 0.05) is 25.7 Å². The number of nitrogens with zero attached hydrogens (tertiary/aromatic N) is 2. The van der Waals surface area contributed by atoms with Gasteiger partial charge in [-0.15, -0.1) is 0 Å². The van der Waals surface area contributed by atoms with E-state index in [2.05, 4.69) is 25.8 Å². The van der Waals surface area contributed by atoms with Crippen LogP contribution in [-0.4, -0.2) is 61.6 Å². The fraction of sp³-hybridized carbons (Fsp3) is 0.929. The van der Waals surface area contributed by atoms with Crippen molar-refractivity contribution in [2.45, 2.75) is 39.2 Å². The van der Waals surface area contributed by atoms with Gasteiger partial charge in [0.05, 0.1) is 13.0 Å². The zero-order chi connectivity index (χ0) is 13.8. The standard InChI is InChI=1S/C14H28N2O2/c1-6-18-10-8-13(17)15(4)11-12-7-9-16(5)14(12,2)3/h12H,6-11H2,1-5H3/t12-/m0/s1. The van der Waals surface area contributed by atoms with Gasteiger partial charge in [0.25, 0.3) is 0 Å². The summed E-state index contributed by atoms with van der Waals surface area (Å²) < 4.78 is 5.23. The molecule has 0 aromatic heterocycles. The first-order valence-electron chi connectivity index (χ1n) is 6.92. The molecule has 1 rings (SSSR count). The van der Waals surface area contributed by atoms with Crippen molar-refractivity contribution in [3.63, 3.8) is 0 Å². The molecule has 0 radical (unpaired) electrons. The minimum absolute atomic E-state index is 0.189. The number of carbonyl (C=O) groups is 1. The monoisotopic (exact) mass is 256 g/mol. The van der Waals surface area contributed by atoms with Gasteiger partial charge >= 0.3 is 0 Å². The normalized spacial score (nSPS) is 23.3. The first-order valence-corrected chi connectivity index (χ1v) is 6.92. The molecule has 1 fully saturated rings. The Morgan fingerprint density at radius 1 is 1.50 bits per heavy atom. The molecule has 0 aliphatic carbocycles. The van der Waals surface area contributed by atoms with Crippen molar-refractivity contribution in [3.8, 4) is 0 Å². The van der Waals surface area contributed by atoms with Gasteiger partial charge in [-0.2, -0.15) is 0 Å². The lowest BCUT2D eigenvalue weighted by molar-refractivity contribution is -0.131. The molecule has 1 saturated heterocycles. The molecular weight excluding hydrogens is 228 g/mol.